The molecule has 94 valence electrons. The molecule has 5 nitrogen and oxygen atoms in total. The number of aromatic amines is 1. The van der Waals surface area contributed by atoms with Crippen LogP contribution >= 0.6 is 0 Å². The number of nitrogens with zero attached hydrogens (tertiary/aromatic N) is 1. The Morgan fingerprint density at radius 1 is 1.47 bits per heavy atom. The highest BCUT2D eigenvalue weighted by molar-refractivity contribution is 5.93. The van der Waals surface area contributed by atoms with E-state index in [-0.39, 0.29) is 11.9 Å². The third-order valence-electron chi connectivity index (χ3n) is 3.43. The Morgan fingerprint density at radius 2 is 2.29 bits per heavy atom. The predicted octanol–water partition coefficient (Wildman–Crippen LogP) is 1.69. The molecule has 5 heteroatoms. The number of carbonyl (C=O) groups excluding carboxylic acids is 1. The van der Waals surface area contributed by atoms with E-state index in [0.717, 1.165) is 18.8 Å². The summed E-state index contributed by atoms with van der Waals surface area (Å²) in [5.41, 5.74) is 5.91. The summed E-state index contributed by atoms with van der Waals surface area (Å²) in [5.74, 6) is 1.03. The van der Waals surface area contributed by atoms with Gasteiger partial charge in [-0.1, -0.05) is 19.8 Å². The van der Waals surface area contributed by atoms with E-state index in [4.69, 9.17) is 5.73 Å². The first-order valence-corrected chi connectivity index (χ1v) is 6.27. The van der Waals surface area contributed by atoms with Gasteiger partial charge in [0.2, 0.25) is 0 Å². The van der Waals surface area contributed by atoms with E-state index in [2.05, 4.69) is 22.4 Å². The molecule has 1 aromatic rings. The molecule has 0 radical (unpaired) electrons. The number of rotatable bonds is 2. The number of nitrogen functional groups attached to an aromatic ring is 1. The van der Waals surface area contributed by atoms with Crippen LogP contribution in [-0.4, -0.2) is 22.1 Å². The Balaban J connectivity index is 1.90. The van der Waals surface area contributed by atoms with Crippen molar-refractivity contribution in [3.8, 4) is 0 Å². The predicted molar refractivity (Wildman–Crippen MR) is 66.5 cm³/mol. The van der Waals surface area contributed by atoms with Gasteiger partial charge in [-0.3, -0.25) is 9.89 Å². The van der Waals surface area contributed by atoms with Gasteiger partial charge < -0.3 is 11.1 Å². The number of hydrogen-bond acceptors (Lipinski definition) is 3. The summed E-state index contributed by atoms with van der Waals surface area (Å²) in [7, 11) is 0. The van der Waals surface area contributed by atoms with Crippen LogP contribution in [0.4, 0.5) is 5.82 Å². The topological polar surface area (TPSA) is 83.8 Å². The lowest BCUT2D eigenvalue weighted by Gasteiger charge is -2.15. The molecule has 0 bridgehead atoms. The van der Waals surface area contributed by atoms with E-state index < -0.39 is 0 Å². The van der Waals surface area contributed by atoms with Gasteiger partial charge >= 0.3 is 0 Å². The number of nitrogens with two attached hydrogens (primary N) is 1. The zero-order valence-electron chi connectivity index (χ0n) is 10.2. The van der Waals surface area contributed by atoms with Gasteiger partial charge in [0, 0.05) is 12.1 Å². The van der Waals surface area contributed by atoms with Crippen LogP contribution in [0.2, 0.25) is 0 Å². The van der Waals surface area contributed by atoms with Gasteiger partial charge in [-0.05, 0) is 25.2 Å². The van der Waals surface area contributed by atoms with Crippen LogP contribution in [0.3, 0.4) is 0 Å². The molecule has 1 heterocycles. The quantitative estimate of drug-likeness (QED) is 0.683. The van der Waals surface area contributed by atoms with Crippen molar-refractivity contribution in [1.82, 2.24) is 15.5 Å². The summed E-state index contributed by atoms with van der Waals surface area (Å²) in [6, 6.07) is 1.85. The maximum Gasteiger partial charge on any atom is 0.269 e. The Hall–Kier alpha value is -1.52. The second-order valence-corrected chi connectivity index (χ2v) is 4.99. The molecule has 2 atom stereocenters. The second kappa shape index (κ2) is 5.21. The largest absolute Gasteiger partial charge is 0.382 e. The smallest absolute Gasteiger partial charge is 0.269 e. The molecule has 2 unspecified atom stereocenters. The molecule has 2 rings (SSSR count). The average Bonchev–Trinajstić information content (AvgIpc) is 2.62. The minimum Gasteiger partial charge on any atom is -0.382 e. The lowest BCUT2D eigenvalue weighted by Crippen LogP contribution is -2.34. The van der Waals surface area contributed by atoms with Crippen molar-refractivity contribution in [1.29, 1.82) is 0 Å². The van der Waals surface area contributed by atoms with Crippen molar-refractivity contribution in [3.63, 3.8) is 0 Å². The Labute approximate surface area is 101 Å². The van der Waals surface area contributed by atoms with Gasteiger partial charge in [0.05, 0.1) is 0 Å². The molecule has 1 aliphatic carbocycles. The third-order valence-corrected chi connectivity index (χ3v) is 3.43. The minimum absolute atomic E-state index is 0.103. The van der Waals surface area contributed by atoms with Crippen LogP contribution < -0.4 is 11.1 Å². The van der Waals surface area contributed by atoms with Crippen molar-refractivity contribution in [2.24, 2.45) is 5.92 Å². The van der Waals surface area contributed by atoms with E-state index >= 15 is 0 Å². The fourth-order valence-corrected chi connectivity index (χ4v) is 2.35. The van der Waals surface area contributed by atoms with E-state index in [0.29, 0.717) is 11.5 Å². The highest BCUT2D eigenvalue weighted by atomic mass is 16.2. The van der Waals surface area contributed by atoms with E-state index in [9.17, 15) is 4.79 Å². The van der Waals surface area contributed by atoms with Crippen LogP contribution in [0.5, 0.6) is 0 Å². The van der Waals surface area contributed by atoms with Crippen molar-refractivity contribution < 1.29 is 4.79 Å². The maximum atomic E-state index is 11.9. The maximum absolute atomic E-state index is 11.9. The molecule has 4 N–H and O–H groups in total. The van der Waals surface area contributed by atoms with Gasteiger partial charge in [0.25, 0.3) is 5.91 Å². The molecule has 1 amide bonds. The normalized spacial score (nSPS) is 25.2. The molecule has 17 heavy (non-hydrogen) atoms. The van der Waals surface area contributed by atoms with Crippen LogP contribution in [0, 0.1) is 5.92 Å². The fourth-order valence-electron chi connectivity index (χ4n) is 2.35. The summed E-state index contributed by atoms with van der Waals surface area (Å²) < 4.78 is 0. The molecule has 1 saturated carbocycles. The summed E-state index contributed by atoms with van der Waals surface area (Å²) in [6.45, 7) is 2.28. The Morgan fingerprint density at radius 3 is 3.00 bits per heavy atom. The van der Waals surface area contributed by atoms with Crippen molar-refractivity contribution in [2.45, 2.75) is 45.1 Å². The fraction of sp³-hybridized carbons (Fsp3) is 0.667. The van der Waals surface area contributed by atoms with E-state index in [1.165, 1.54) is 19.3 Å². The lowest BCUT2D eigenvalue weighted by atomic mass is 10.0. The summed E-state index contributed by atoms with van der Waals surface area (Å²) in [6.07, 6.45) is 5.78. The zero-order chi connectivity index (χ0) is 12.3. The highest BCUT2D eigenvalue weighted by Crippen LogP contribution is 2.22. The Kier molecular flexibility index (Phi) is 3.66. The molecule has 1 fully saturated rings. The van der Waals surface area contributed by atoms with Crippen LogP contribution in [0.15, 0.2) is 6.07 Å². The minimum atomic E-state index is -0.103. The second-order valence-electron chi connectivity index (χ2n) is 4.99. The number of nitrogens with one attached hydrogen (secondary N) is 2. The van der Waals surface area contributed by atoms with Gasteiger partial charge in [0.15, 0.2) is 0 Å². The Bertz CT molecular complexity index is 388. The van der Waals surface area contributed by atoms with Gasteiger partial charge in [-0.15, -0.1) is 0 Å². The monoisotopic (exact) mass is 236 g/mol. The highest BCUT2D eigenvalue weighted by Gasteiger charge is 2.19. The molecule has 1 aromatic heterocycles. The number of hydrogen-bond donors (Lipinski definition) is 3. The number of anilines is 1. The summed E-state index contributed by atoms with van der Waals surface area (Å²) in [4.78, 5) is 11.9. The third kappa shape index (κ3) is 3.22. The lowest BCUT2D eigenvalue weighted by molar-refractivity contribution is 0.0928. The number of amides is 1. The number of carbonyl (C=O) groups is 1. The molecular weight excluding hydrogens is 216 g/mol. The first kappa shape index (κ1) is 12.0. The van der Waals surface area contributed by atoms with Crippen molar-refractivity contribution >= 4 is 11.7 Å². The molecule has 1 aliphatic rings. The van der Waals surface area contributed by atoms with Crippen molar-refractivity contribution in [2.75, 3.05) is 5.73 Å². The van der Waals surface area contributed by atoms with Gasteiger partial charge in [-0.25, -0.2) is 0 Å². The first-order valence-electron chi connectivity index (χ1n) is 6.27. The molecule has 0 saturated heterocycles. The van der Waals surface area contributed by atoms with Crippen LogP contribution in [0.25, 0.3) is 0 Å². The van der Waals surface area contributed by atoms with Gasteiger partial charge in [-0.2, -0.15) is 5.10 Å². The first-order chi connectivity index (χ1) is 8.15. The van der Waals surface area contributed by atoms with E-state index in [1.807, 2.05) is 0 Å². The molecule has 0 spiro atoms. The molecule has 0 aromatic carbocycles. The summed E-state index contributed by atoms with van der Waals surface area (Å²) >= 11 is 0. The van der Waals surface area contributed by atoms with E-state index in [1.54, 1.807) is 6.07 Å². The zero-order valence-corrected chi connectivity index (χ0v) is 10.2. The van der Waals surface area contributed by atoms with Crippen LogP contribution in [0.1, 0.15) is 49.5 Å². The average molecular weight is 236 g/mol. The van der Waals surface area contributed by atoms with Gasteiger partial charge in [0.1, 0.15) is 11.5 Å². The molecular formula is C12H20N4O. The summed E-state index contributed by atoms with van der Waals surface area (Å²) in [5, 5.41) is 9.43. The SMILES string of the molecule is CC1CCCC(NC(=O)c2cc(N)n[nH]2)CC1. The van der Waals surface area contributed by atoms with Crippen molar-refractivity contribution in [3.05, 3.63) is 11.8 Å². The standard InChI is InChI=1S/C12H20N4O/c1-8-3-2-4-9(6-5-8)14-12(17)10-7-11(13)16-15-10/h7-9H,2-6H2,1H3,(H,14,17)(H3,13,15,16). The molecule has 0 aliphatic heterocycles. The van der Waals surface area contributed by atoms with Crippen LogP contribution in [-0.2, 0) is 0 Å². The number of aromatic nitrogens is 2. The number of H-pyrrole nitrogens is 1.